The van der Waals surface area contributed by atoms with Gasteiger partial charge in [-0.3, -0.25) is 4.79 Å². The quantitative estimate of drug-likeness (QED) is 0.639. The summed E-state index contributed by atoms with van der Waals surface area (Å²) in [5.41, 5.74) is 1.81. The Hall–Kier alpha value is -1.07. The Labute approximate surface area is 126 Å². The van der Waals surface area contributed by atoms with Crippen LogP contribution in [0.15, 0.2) is 22.6 Å². The zero-order valence-electron chi connectivity index (χ0n) is 11.8. The van der Waals surface area contributed by atoms with Gasteiger partial charge in [0.25, 0.3) is 0 Å². The van der Waals surface area contributed by atoms with Crippen molar-refractivity contribution in [3.63, 3.8) is 0 Å². The molecule has 2 heterocycles. The SMILES string of the molecule is C=CCn1c(SC(C)C)nc2c(=O)c3c(sc21)CCC3. The summed E-state index contributed by atoms with van der Waals surface area (Å²) in [7, 11) is 0. The van der Waals surface area contributed by atoms with Crippen molar-refractivity contribution in [2.24, 2.45) is 0 Å². The van der Waals surface area contributed by atoms with E-state index in [0.717, 1.165) is 34.8 Å². The minimum Gasteiger partial charge on any atom is -0.307 e. The summed E-state index contributed by atoms with van der Waals surface area (Å²) >= 11 is 3.45. The van der Waals surface area contributed by atoms with Crippen LogP contribution >= 0.6 is 23.1 Å². The van der Waals surface area contributed by atoms with E-state index >= 15 is 0 Å². The zero-order chi connectivity index (χ0) is 14.3. The smallest absolute Gasteiger partial charge is 0.211 e. The molecule has 1 aliphatic rings. The minimum absolute atomic E-state index is 0.152. The number of thioether (sulfide) groups is 1. The van der Waals surface area contributed by atoms with Gasteiger partial charge in [-0.15, -0.1) is 17.9 Å². The minimum atomic E-state index is 0.152. The first-order chi connectivity index (χ1) is 9.61. The van der Waals surface area contributed by atoms with Crippen LogP contribution in [-0.2, 0) is 19.4 Å². The van der Waals surface area contributed by atoms with Crippen molar-refractivity contribution < 1.29 is 0 Å². The van der Waals surface area contributed by atoms with E-state index in [1.807, 2.05) is 6.08 Å². The molecule has 0 N–H and O–H groups in total. The maximum Gasteiger partial charge on any atom is 0.211 e. The Balaban J connectivity index is 2.26. The largest absolute Gasteiger partial charge is 0.307 e. The molecule has 0 spiro atoms. The summed E-state index contributed by atoms with van der Waals surface area (Å²) in [5.74, 6) is 0. The van der Waals surface area contributed by atoms with Crippen LogP contribution in [0.4, 0.5) is 0 Å². The molecule has 0 amide bonds. The van der Waals surface area contributed by atoms with Crippen molar-refractivity contribution >= 4 is 33.4 Å². The number of nitrogens with zero attached hydrogens (tertiary/aromatic N) is 2. The maximum absolute atomic E-state index is 12.6. The topological polar surface area (TPSA) is 34.9 Å². The molecule has 2 aromatic heterocycles. The van der Waals surface area contributed by atoms with Gasteiger partial charge in [-0.1, -0.05) is 31.7 Å². The van der Waals surface area contributed by atoms with Crippen LogP contribution in [0, 0.1) is 0 Å². The predicted octanol–water partition coefficient (Wildman–Crippen LogP) is 3.63. The Kier molecular flexibility index (Phi) is 3.73. The summed E-state index contributed by atoms with van der Waals surface area (Å²) < 4.78 is 2.14. The number of imidazole rings is 1. The van der Waals surface area contributed by atoms with E-state index < -0.39 is 0 Å². The van der Waals surface area contributed by atoms with E-state index in [-0.39, 0.29) is 5.43 Å². The molecule has 0 aliphatic heterocycles. The lowest BCUT2D eigenvalue weighted by atomic mass is 10.2. The number of aromatic nitrogens is 2. The van der Waals surface area contributed by atoms with E-state index in [1.165, 1.54) is 4.88 Å². The standard InChI is InChI=1S/C15H18N2OS2/c1-4-8-17-14-12(16-15(17)19-9(2)3)13(18)10-6-5-7-11(10)20-14/h4,9H,1,5-8H2,2-3H3. The van der Waals surface area contributed by atoms with Gasteiger partial charge in [0.1, 0.15) is 10.3 Å². The molecule has 0 saturated carbocycles. The molecular weight excluding hydrogens is 288 g/mol. The van der Waals surface area contributed by atoms with Crippen LogP contribution in [-0.4, -0.2) is 14.8 Å². The van der Waals surface area contributed by atoms with Crippen molar-refractivity contribution in [3.8, 4) is 0 Å². The van der Waals surface area contributed by atoms with E-state index in [4.69, 9.17) is 0 Å². The zero-order valence-corrected chi connectivity index (χ0v) is 13.4. The molecule has 0 bridgehead atoms. The second-order valence-electron chi connectivity index (χ2n) is 5.30. The molecular formula is C15H18N2OS2. The molecule has 0 saturated heterocycles. The normalized spacial score (nSPS) is 14.2. The highest BCUT2D eigenvalue weighted by Crippen LogP contribution is 2.32. The van der Waals surface area contributed by atoms with Gasteiger partial charge >= 0.3 is 0 Å². The molecule has 0 radical (unpaired) electrons. The fraction of sp³-hybridized carbons (Fsp3) is 0.467. The highest BCUT2D eigenvalue weighted by molar-refractivity contribution is 7.99. The second kappa shape index (κ2) is 5.37. The molecule has 20 heavy (non-hydrogen) atoms. The van der Waals surface area contributed by atoms with E-state index in [0.29, 0.717) is 17.3 Å². The summed E-state index contributed by atoms with van der Waals surface area (Å²) in [6, 6.07) is 0. The number of allylic oxidation sites excluding steroid dienone is 1. The Morgan fingerprint density at radius 3 is 3.00 bits per heavy atom. The average Bonchev–Trinajstić information content (AvgIpc) is 2.97. The molecule has 0 fully saturated rings. The van der Waals surface area contributed by atoms with Crippen molar-refractivity contribution in [3.05, 3.63) is 33.3 Å². The molecule has 0 aromatic carbocycles. The second-order valence-corrected chi connectivity index (χ2v) is 7.93. The first-order valence-electron chi connectivity index (χ1n) is 6.94. The van der Waals surface area contributed by atoms with Crippen LogP contribution in [0.3, 0.4) is 0 Å². The highest BCUT2D eigenvalue weighted by atomic mass is 32.2. The van der Waals surface area contributed by atoms with Crippen LogP contribution in [0.2, 0.25) is 0 Å². The number of aryl methyl sites for hydroxylation is 1. The maximum atomic E-state index is 12.6. The average molecular weight is 306 g/mol. The first-order valence-corrected chi connectivity index (χ1v) is 8.64. The number of hydrogen-bond acceptors (Lipinski definition) is 4. The summed E-state index contributed by atoms with van der Waals surface area (Å²) in [6.45, 7) is 8.82. The molecule has 106 valence electrons. The predicted molar refractivity (Wildman–Crippen MR) is 87.1 cm³/mol. The third kappa shape index (κ3) is 2.23. The van der Waals surface area contributed by atoms with Crippen molar-refractivity contribution in [2.45, 2.75) is 50.1 Å². The lowest BCUT2D eigenvalue weighted by molar-refractivity contribution is 0.750. The first kappa shape index (κ1) is 13.9. The lowest BCUT2D eigenvalue weighted by Gasteiger charge is -2.07. The fourth-order valence-corrected chi connectivity index (χ4v) is 4.81. The van der Waals surface area contributed by atoms with Gasteiger partial charge in [-0.2, -0.15) is 0 Å². The van der Waals surface area contributed by atoms with E-state index in [9.17, 15) is 4.79 Å². The van der Waals surface area contributed by atoms with Crippen molar-refractivity contribution in [1.29, 1.82) is 0 Å². The van der Waals surface area contributed by atoms with Gasteiger partial charge in [-0.05, 0) is 19.3 Å². The van der Waals surface area contributed by atoms with Crippen LogP contribution in [0.1, 0.15) is 30.7 Å². The molecule has 0 unspecified atom stereocenters. The lowest BCUT2D eigenvalue weighted by Crippen LogP contribution is -2.07. The van der Waals surface area contributed by atoms with Gasteiger partial charge in [-0.25, -0.2) is 4.98 Å². The monoisotopic (exact) mass is 306 g/mol. The molecule has 5 heteroatoms. The number of fused-ring (bicyclic) bond motifs is 2. The highest BCUT2D eigenvalue weighted by Gasteiger charge is 2.22. The number of hydrogen-bond donors (Lipinski definition) is 0. The van der Waals surface area contributed by atoms with Gasteiger partial charge in [0.05, 0.1) is 0 Å². The van der Waals surface area contributed by atoms with Gasteiger partial charge in [0.15, 0.2) is 5.16 Å². The molecule has 2 aromatic rings. The van der Waals surface area contributed by atoms with Crippen molar-refractivity contribution in [2.75, 3.05) is 0 Å². The van der Waals surface area contributed by atoms with Crippen molar-refractivity contribution in [1.82, 2.24) is 9.55 Å². The summed E-state index contributed by atoms with van der Waals surface area (Å²) in [6.07, 6.45) is 4.93. The Bertz CT molecular complexity index is 728. The molecule has 0 atom stereocenters. The Morgan fingerprint density at radius 2 is 2.30 bits per heavy atom. The number of rotatable bonds is 4. The van der Waals surface area contributed by atoms with E-state index in [1.54, 1.807) is 23.1 Å². The molecule has 1 aliphatic carbocycles. The molecule has 3 nitrogen and oxygen atoms in total. The Morgan fingerprint density at radius 1 is 1.50 bits per heavy atom. The third-order valence-electron chi connectivity index (χ3n) is 3.42. The summed E-state index contributed by atoms with van der Waals surface area (Å²) in [5, 5.41) is 1.38. The van der Waals surface area contributed by atoms with Gasteiger partial charge < -0.3 is 4.57 Å². The fourth-order valence-electron chi connectivity index (χ4n) is 2.59. The van der Waals surface area contributed by atoms with Gasteiger partial charge in [0.2, 0.25) is 5.43 Å². The van der Waals surface area contributed by atoms with Gasteiger partial charge in [0, 0.05) is 22.2 Å². The van der Waals surface area contributed by atoms with E-state index in [2.05, 4.69) is 30.0 Å². The van der Waals surface area contributed by atoms with Crippen LogP contribution < -0.4 is 5.43 Å². The summed E-state index contributed by atoms with van der Waals surface area (Å²) in [4.78, 5) is 19.5. The molecule has 3 rings (SSSR count). The van der Waals surface area contributed by atoms with Crippen LogP contribution in [0.25, 0.3) is 10.3 Å². The third-order valence-corrected chi connectivity index (χ3v) is 5.71. The van der Waals surface area contributed by atoms with Crippen LogP contribution in [0.5, 0.6) is 0 Å².